The Bertz CT molecular complexity index is 633. The standard InChI is InChI=1S/C12H18N4O5/c1-7-5-16(12(21)15-10(7)18)6-9(17)14-8(11(19)20)3-2-4-13/h5,8H,2-4,6,13H2,1H3,(H,14,17)(H,19,20)(H,15,18,21)/t8-/m0/s1. The van der Waals surface area contributed by atoms with E-state index in [1.165, 1.54) is 13.1 Å². The van der Waals surface area contributed by atoms with Gasteiger partial charge in [0, 0.05) is 11.8 Å². The van der Waals surface area contributed by atoms with Crippen LogP contribution in [0.3, 0.4) is 0 Å². The number of nitrogens with two attached hydrogens (primary N) is 1. The zero-order valence-electron chi connectivity index (χ0n) is 11.6. The van der Waals surface area contributed by atoms with Crippen molar-refractivity contribution < 1.29 is 14.7 Å². The maximum absolute atomic E-state index is 11.8. The second kappa shape index (κ2) is 7.39. The molecule has 0 saturated carbocycles. The van der Waals surface area contributed by atoms with E-state index >= 15 is 0 Å². The Morgan fingerprint density at radius 2 is 2.14 bits per heavy atom. The number of hydrogen-bond donors (Lipinski definition) is 4. The predicted molar refractivity (Wildman–Crippen MR) is 73.9 cm³/mol. The third-order valence-electron chi connectivity index (χ3n) is 2.83. The van der Waals surface area contributed by atoms with Crippen molar-refractivity contribution in [2.75, 3.05) is 6.54 Å². The van der Waals surface area contributed by atoms with Gasteiger partial charge >= 0.3 is 11.7 Å². The molecule has 0 spiro atoms. The number of aromatic nitrogens is 2. The summed E-state index contributed by atoms with van der Waals surface area (Å²) in [5.74, 6) is -1.80. The molecule has 9 nitrogen and oxygen atoms in total. The van der Waals surface area contributed by atoms with Gasteiger partial charge in [0.2, 0.25) is 5.91 Å². The van der Waals surface area contributed by atoms with Crippen LogP contribution in [0.5, 0.6) is 0 Å². The molecule has 1 heterocycles. The van der Waals surface area contributed by atoms with Crippen LogP contribution in [0.25, 0.3) is 0 Å². The Morgan fingerprint density at radius 3 is 2.71 bits per heavy atom. The third-order valence-corrected chi connectivity index (χ3v) is 2.83. The molecular weight excluding hydrogens is 280 g/mol. The molecule has 0 saturated heterocycles. The topological polar surface area (TPSA) is 147 Å². The number of aryl methyl sites for hydroxylation is 1. The fourth-order valence-corrected chi connectivity index (χ4v) is 1.71. The van der Waals surface area contributed by atoms with Crippen molar-refractivity contribution >= 4 is 11.9 Å². The van der Waals surface area contributed by atoms with Gasteiger partial charge in [-0.2, -0.15) is 0 Å². The van der Waals surface area contributed by atoms with E-state index in [0.29, 0.717) is 13.0 Å². The third kappa shape index (κ3) is 4.88. The zero-order chi connectivity index (χ0) is 16.0. The van der Waals surface area contributed by atoms with E-state index in [-0.39, 0.29) is 18.5 Å². The van der Waals surface area contributed by atoms with E-state index in [1.54, 1.807) is 0 Å². The van der Waals surface area contributed by atoms with Crippen LogP contribution in [0.2, 0.25) is 0 Å². The average Bonchev–Trinajstić information content (AvgIpc) is 2.40. The summed E-state index contributed by atoms with van der Waals surface area (Å²) in [6, 6.07) is -1.05. The molecule has 116 valence electrons. The molecule has 0 unspecified atom stereocenters. The second-order valence-corrected chi connectivity index (χ2v) is 4.59. The van der Waals surface area contributed by atoms with Crippen molar-refractivity contribution in [3.63, 3.8) is 0 Å². The van der Waals surface area contributed by atoms with Crippen molar-refractivity contribution in [3.8, 4) is 0 Å². The number of aliphatic carboxylic acids is 1. The summed E-state index contributed by atoms with van der Waals surface area (Å²) in [5, 5.41) is 11.3. The fraction of sp³-hybridized carbons (Fsp3) is 0.500. The lowest BCUT2D eigenvalue weighted by atomic mass is 10.1. The Balaban J connectivity index is 2.77. The quantitative estimate of drug-likeness (QED) is 0.464. The Labute approximate surface area is 119 Å². The highest BCUT2D eigenvalue weighted by Gasteiger charge is 2.19. The summed E-state index contributed by atoms with van der Waals surface area (Å²) in [7, 11) is 0. The number of H-pyrrole nitrogens is 1. The van der Waals surface area contributed by atoms with Crippen LogP contribution in [-0.2, 0) is 16.1 Å². The summed E-state index contributed by atoms with van der Waals surface area (Å²) in [5.41, 5.74) is 4.32. The molecule has 0 bridgehead atoms. The van der Waals surface area contributed by atoms with Crippen molar-refractivity contribution in [2.45, 2.75) is 32.4 Å². The number of hydrogen-bond acceptors (Lipinski definition) is 5. The molecule has 9 heteroatoms. The molecule has 1 aromatic heterocycles. The molecule has 0 aliphatic rings. The number of aromatic amines is 1. The molecule has 0 aliphatic carbocycles. The maximum atomic E-state index is 11.8. The first-order valence-corrected chi connectivity index (χ1v) is 6.37. The SMILES string of the molecule is Cc1cn(CC(=O)N[C@@H](CCCN)C(=O)O)c(=O)[nH]c1=O. The van der Waals surface area contributed by atoms with E-state index in [9.17, 15) is 19.2 Å². The molecule has 5 N–H and O–H groups in total. The Kier molecular flexibility index (Phi) is 5.85. The summed E-state index contributed by atoms with van der Waals surface area (Å²) < 4.78 is 1.01. The first-order valence-electron chi connectivity index (χ1n) is 6.37. The molecule has 1 atom stereocenters. The maximum Gasteiger partial charge on any atom is 0.328 e. The number of nitrogens with zero attached hydrogens (tertiary/aromatic N) is 1. The first-order chi connectivity index (χ1) is 9.85. The van der Waals surface area contributed by atoms with Gasteiger partial charge in [0.05, 0.1) is 0 Å². The van der Waals surface area contributed by atoms with Gasteiger partial charge < -0.3 is 16.2 Å². The van der Waals surface area contributed by atoms with Gasteiger partial charge in [-0.05, 0) is 26.3 Å². The second-order valence-electron chi connectivity index (χ2n) is 4.59. The number of carboxylic acid groups (broad SMARTS) is 1. The summed E-state index contributed by atoms with van der Waals surface area (Å²) in [6.07, 6.45) is 1.91. The van der Waals surface area contributed by atoms with Gasteiger partial charge in [-0.25, -0.2) is 9.59 Å². The normalized spacial score (nSPS) is 11.9. The number of carbonyl (C=O) groups excluding carboxylic acids is 1. The van der Waals surface area contributed by atoms with Crippen molar-refractivity contribution in [1.29, 1.82) is 0 Å². The molecule has 1 aromatic rings. The number of rotatable bonds is 7. The molecule has 1 rings (SSSR count). The highest BCUT2D eigenvalue weighted by atomic mass is 16.4. The van der Waals surface area contributed by atoms with E-state index in [2.05, 4.69) is 10.3 Å². The highest BCUT2D eigenvalue weighted by Crippen LogP contribution is 1.97. The predicted octanol–water partition coefficient (Wildman–Crippen LogP) is -1.85. The van der Waals surface area contributed by atoms with Crippen LogP contribution >= 0.6 is 0 Å². The minimum absolute atomic E-state index is 0.205. The smallest absolute Gasteiger partial charge is 0.328 e. The molecular formula is C12H18N4O5. The summed E-state index contributed by atoms with van der Waals surface area (Å²) >= 11 is 0. The van der Waals surface area contributed by atoms with Crippen molar-refractivity contribution in [3.05, 3.63) is 32.6 Å². The van der Waals surface area contributed by atoms with Crippen molar-refractivity contribution in [2.24, 2.45) is 5.73 Å². The monoisotopic (exact) mass is 298 g/mol. The minimum Gasteiger partial charge on any atom is -0.480 e. The van der Waals surface area contributed by atoms with Crippen molar-refractivity contribution in [1.82, 2.24) is 14.9 Å². The number of nitrogens with one attached hydrogen (secondary N) is 2. The molecule has 0 aliphatic heterocycles. The van der Waals surface area contributed by atoms with E-state index in [0.717, 1.165) is 4.57 Å². The number of amides is 1. The average molecular weight is 298 g/mol. The van der Waals surface area contributed by atoms with Crippen LogP contribution in [0, 0.1) is 6.92 Å². The lowest BCUT2D eigenvalue weighted by Gasteiger charge is -2.14. The lowest BCUT2D eigenvalue weighted by Crippen LogP contribution is -2.44. The van der Waals surface area contributed by atoms with Crippen LogP contribution < -0.4 is 22.3 Å². The van der Waals surface area contributed by atoms with Gasteiger partial charge in [0.15, 0.2) is 0 Å². The minimum atomic E-state index is -1.17. The van der Waals surface area contributed by atoms with Gasteiger partial charge in [-0.15, -0.1) is 0 Å². The Hall–Kier alpha value is -2.42. The van der Waals surface area contributed by atoms with Gasteiger partial charge in [0.1, 0.15) is 12.6 Å². The van der Waals surface area contributed by atoms with Crippen LogP contribution in [0.15, 0.2) is 15.8 Å². The van der Waals surface area contributed by atoms with E-state index in [1.807, 2.05) is 0 Å². The van der Waals surface area contributed by atoms with Gasteiger partial charge in [0.25, 0.3) is 5.56 Å². The largest absolute Gasteiger partial charge is 0.480 e. The van der Waals surface area contributed by atoms with E-state index < -0.39 is 29.2 Å². The van der Waals surface area contributed by atoms with E-state index in [4.69, 9.17) is 10.8 Å². The number of carboxylic acids is 1. The van der Waals surface area contributed by atoms with Crippen LogP contribution in [-0.4, -0.2) is 39.1 Å². The van der Waals surface area contributed by atoms with Crippen LogP contribution in [0.1, 0.15) is 18.4 Å². The molecule has 21 heavy (non-hydrogen) atoms. The fourth-order valence-electron chi connectivity index (χ4n) is 1.71. The summed E-state index contributed by atoms with van der Waals surface area (Å²) in [4.78, 5) is 47.5. The molecule has 0 aromatic carbocycles. The summed E-state index contributed by atoms with van der Waals surface area (Å²) in [6.45, 7) is 1.44. The zero-order valence-corrected chi connectivity index (χ0v) is 11.6. The molecule has 0 radical (unpaired) electrons. The van der Waals surface area contributed by atoms with Gasteiger partial charge in [-0.3, -0.25) is 19.1 Å². The molecule has 0 fully saturated rings. The molecule has 1 amide bonds. The number of carbonyl (C=O) groups is 2. The lowest BCUT2D eigenvalue weighted by molar-refractivity contribution is -0.142. The Morgan fingerprint density at radius 1 is 1.48 bits per heavy atom. The van der Waals surface area contributed by atoms with Gasteiger partial charge in [-0.1, -0.05) is 0 Å². The highest BCUT2D eigenvalue weighted by molar-refractivity contribution is 5.83. The van der Waals surface area contributed by atoms with Crippen LogP contribution in [0.4, 0.5) is 0 Å². The first kappa shape index (κ1) is 16.6.